The number of hydrogen-bond acceptors (Lipinski definition) is 3. The van der Waals surface area contributed by atoms with E-state index in [1.165, 1.54) is 0 Å². The first kappa shape index (κ1) is 15.8. The van der Waals surface area contributed by atoms with Gasteiger partial charge in [-0.1, -0.05) is 43.3 Å². The van der Waals surface area contributed by atoms with Crippen LogP contribution in [0.5, 0.6) is 5.75 Å². The summed E-state index contributed by atoms with van der Waals surface area (Å²) in [5.74, 6) is 0.0973. The third kappa shape index (κ3) is 3.46. The van der Waals surface area contributed by atoms with Crippen molar-refractivity contribution in [1.29, 1.82) is 0 Å². The average molecular weight is 322 g/mol. The minimum absolute atomic E-state index is 0.0552. The fourth-order valence-electron chi connectivity index (χ4n) is 2.49. The van der Waals surface area contributed by atoms with E-state index in [0.29, 0.717) is 29.1 Å². The lowest BCUT2D eigenvalue weighted by Gasteiger charge is -2.21. The summed E-state index contributed by atoms with van der Waals surface area (Å²) in [6.07, 6.45) is 2.47. The molecule has 122 valence electrons. The summed E-state index contributed by atoms with van der Waals surface area (Å²) in [6.45, 7) is 1.88. The van der Waals surface area contributed by atoms with Crippen molar-refractivity contribution in [2.24, 2.45) is 0 Å². The molecule has 2 aromatic rings. The molecule has 2 N–H and O–H groups in total. The van der Waals surface area contributed by atoms with Gasteiger partial charge in [-0.15, -0.1) is 0 Å². The van der Waals surface area contributed by atoms with E-state index in [-0.39, 0.29) is 18.4 Å². The Balaban J connectivity index is 1.83. The maximum atomic E-state index is 12.6. The number of rotatable bonds is 4. The van der Waals surface area contributed by atoms with Crippen molar-refractivity contribution in [2.45, 2.75) is 13.3 Å². The molecule has 24 heavy (non-hydrogen) atoms. The van der Waals surface area contributed by atoms with Gasteiger partial charge in [-0.2, -0.15) is 0 Å². The van der Waals surface area contributed by atoms with Gasteiger partial charge in [-0.25, -0.2) is 0 Å². The molecule has 0 aliphatic carbocycles. The minimum Gasteiger partial charge on any atom is -0.479 e. The lowest BCUT2D eigenvalue weighted by molar-refractivity contribution is -0.118. The Bertz CT molecular complexity index is 798. The molecule has 3 rings (SSSR count). The Labute approximate surface area is 140 Å². The van der Waals surface area contributed by atoms with Crippen LogP contribution in [0.1, 0.15) is 18.9 Å². The molecule has 0 saturated heterocycles. The van der Waals surface area contributed by atoms with Crippen LogP contribution in [-0.2, 0) is 9.59 Å². The highest BCUT2D eigenvalue weighted by molar-refractivity contribution is 6.08. The van der Waals surface area contributed by atoms with Crippen LogP contribution in [0, 0.1) is 0 Å². The fraction of sp³-hybridized carbons (Fsp3) is 0.158. The lowest BCUT2D eigenvalue weighted by atomic mass is 10.1. The first-order chi connectivity index (χ1) is 11.7. The smallest absolute Gasteiger partial charge is 0.262 e. The second-order valence-corrected chi connectivity index (χ2v) is 5.41. The van der Waals surface area contributed by atoms with E-state index in [2.05, 4.69) is 10.6 Å². The molecule has 1 aliphatic rings. The Kier molecular flexibility index (Phi) is 4.61. The van der Waals surface area contributed by atoms with Gasteiger partial charge in [0.1, 0.15) is 0 Å². The molecule has 0 unspecified atom stereocenters. The molecule has 2 aromatic carbocycles. The van der Waals surface area contributed by atoms with Crippen LogP contribution in [0.25, 0.3) is 6.08 Å². The van der Waals surface area contributed by atoms with Crippen molar-refractivity contribution < 1.29 is 14.3 Å². The van der Waals surface area contributed by atoms with Gasteiger partial charge >= 0.3 is 0 Å². The quantitative estimate of drug-likeness (QED) is 0.847. The van der Waals surface area contributed by atoms with Crippen LogP contribution < -0.4 is 15.4 Å². The summed E-state index contributed by atoms with van der Waals surface area (Å²) in [5.41, 5.74) is 2.75. The van der Waals surface area contributed by atoms with Gasteiger partial charge in [0.25, 0.3) is 11.8 Å². The second-order valence-electron chi connectivity index (χ2n) is 5.41. The predicted octanol–water partition coefficient (Wildman–Crippen LogP) is 3.45. The zero-order chi connectivity index (χ0) is 16.9. The average Bonchev–Trinajstić information content (AvgIpc) is 2.60. The number of carbonyl (C=O) groups is 2. The molecule has 0 bridgehead atoms. The van der Waals surface area contributed by atoms with Crippen LogP contribution in [0.4, 0.5) is 11.4 Å². The van der Waals surface area contributed by atoms with Crippen molar-refractivity contribution >= 4 is 29.3 Å². The second kappa shape index (κ2) is 7.00. The van der Waals surface area contributed by atoms with Crippen molar-refractivity contribution in [1.82, 2.24) is 0 Å². The Morgan fingerprint density at radius 3 is 2.75 bits per heavy atom. The SMILES string of the molecule is CC/C(=C\c1ccccc1)C(=O)Nc1cccc2c1OCC(=O)N2. The van der Waals surface area contributed by atoms with E-state index < -0.39 is 0 Å². The molecule has 0 fully saturated rings. The predicted molar refractivity (Wildman–Crippen MR) is 93.9 cm³/mol. The van der Waals surface area contributed by atoms with Crippen molar-refractivity contribution in [3.8, 4) is 5.75 Å². The first-order valence-electron chi connectivity index (χ1n) is 7.80. The summed E-state index contributed by atoms with van der Waals surface area (Å²) in [5, 5.41) is 5.60. The summed E-state index contributed by atoms with van der Waals surface area (Å²) in [4.78, 5) is 24.0. The largest absolute Gasteiger partial charge is 0.479 e. The standard InChI is InChI=1S/C19H18N2O3/c1-2-14(11-13-7-4-3-5-8-13)19(23)21-16-10-6-9-15-18(16)24-12-17(22)20-15/h3-11H,2,12H2,1H3,(H,20,22)(H,21,23)/b14-11+. The highest BCUT2D eigenvalue weighted by Crippen LogP contribution is 2.35. The van der Waals surface area contributed by atoms with Gasteiger partial charge < -0.3 is 15.4 Å². The summed E-state index contributed by atoms with van der Waals surface area (Å²) >= 11 is 0. The number of fused-ring (bicyclic) bond motifs is 1. The summed E-state index contributed by atoms with van der Waals surface area (Å²) in [6, 6.07) is 15.0. The topological polar surface area (TPSA) is 67.4 Å². The van der Waals surface area contributed by atoms with Crippen LogP contribution in [0.2, 0.25) is 0 Å². The highest BCUT2D eigenvalue weighted by atomic mass is 16.5. The normalized spacial score (nSPS) is 13.5. The molecular weight excluding hydrogens is 304 g/mol. The molecule has 5 heteroatoms. The van der Waals surface area contributed by atoms with E-state index in [9.17, 15) is 9.59 Å². The number of ether oxygens (including phenoxy) is 1. The fourth-order valence-corrected chi connectivity index (χ4v) is 2.49. The minimum atomic E-state index is -0.204. The molecule has 1 heterocycles. The first-order valence-corrected chi connectivity index (χ1v) is 7.80. The summed E-state index contributed by atoms with van der Waals surface area (Å²) in [7, 11) is 0. The number of nitrogens with one attached hydrogen (secondary N) is 2. The van der Waals surface area contributed by atoms with Crippen LogP contribution in [0.3, 0.4) is 0 Å². The number of anilines is 2. The maximum Gasteiger partial charge on any atom is 0.262 e. The Morgan fingerprint density at radius 2 is 2.00 bits per heavy atom. The van der Waals surface area contributed by atoms with E-state index in [1.54, 1.807) is 18.2 Å². The van der Waals surface area contributed by atoms with E-state index in [0.717, 1.165) is 5.56 Å². The van der Waals surface area contributed by atoms with Crippen LogP contribution in [0.15, 0.2) is 54.1 Å². The van der Waals surface area contributed by atoms with Gasteiger partial charge in [0, 0.05) is 5.57 Å². The Morgan fingerprint density at radius 1 is 1.21 bits per heavy atom. The van der Waals surface area contributed by atoms with Gasteiger partial charge in [0.15, 0.2) is 12.4 Å². The van der Waals surface area contributed by atoms with Gasteiger partial charge in [-0.3, -0.25) is 9.59 Å². The monoisotopic (exact) mass is 322 g/mol. The van der Waals surface area contributed by atoms with Crippen molar-refractivity contribution in [3.05, 3.63) is 59.7 Å². The third-order valence-electron chi connectivity index (χ3n) is 3.70. The number of hydrogen-bond donors (Lipinski definition) is 2. The molecule has 0 saturated carbocycles. The molecule has 0 aromatic heterocycles. The molecule has 1 aliphatic heterocycles. The highest BCUT2D eigenvalue weighted by Gasteiger charge is 2.20. The molecule has 5 nitrogen and oxygen atoms in total. The zero-order valence-corrected chi connectivity index (χ0v) is 13.3. The van der Waals surface area contributed by atoms with Gasteiger partial charge in [-0.05, 0) is 30.2 Å². The molecule has 2 amide bonds. The van der Waals surface area contributed by atoms with Crippen molar-refractivity contribution in [2.75, 3.05) is 17.2 Å². The maximum absolute atomic E-state index is 12.6. The number of amides is 2. The summed E-state index contributed by atoms with van der Waals surface area (Å²) < 4.78 is 5.45. The van der Waals surface area contributed by atoms with E-state index in [1.807, 2.05) is 43.3 Å². The molecular formula is C19H18N2O3. The number of carbonyl (C=O) groups excluding carboxylic acids is 2. The van der Waals surface area contributed by atoms with Gasteiger partial charge in [0.05, 0.1) is 11.4 Å². The van der Waals surface area contributed by atoms with Crippen LogP contribution >= 0.6 is 0 Å². The molecule has 0 atom stereocenters. The molecule has 0 spiro atoms. The van der Waals surface area contributed by atoms with Crippen LogP contribution in [-0.4, -0.2) is 18.4 Å². The van der Waals surface area contributed by atoms with Gasteiger partial charge in [0.2, 0.25) is 0 Å². The van der Waals surface area contributed by atoms with E-state index >= 15 is 0 Å². The Hall–Kier alpha value is -3.08. The lowest BCUT2D eigenvalue weighted by Crippen LogP contribution is -2.26. The zero-order valence-electron chi connectivity index (χ0n) is 13.3. The number of benzene rings is 2. The van der Waals surface area contributed by atoms with E-state index in [4.69, 9.17) is 4.74 Å². The third-order valence-corrected chi connectivity index (χ3v) is 3.70. The van der Waals surface area contributed by atoms with Crippen molar-refractivity contribution in [3.63, 3.8) is 0 Å². The molecule has 0 radical (unpaired) electrons. The number of para-hydroxylation sites is 1.